The monoisotopic (exact) mass is 401 g/mol. The highest BCUT2D eigenvalue weighted by Gasteiger charge is 2.49. The van der Waals surface area contributed by atoms with E-state index in [9.17, 15) is 9.90 Å². The molecule has 0 spiro atoms. The minimum absolute atomic E-state index is 0.0498. The first kappa shape index (κ1) is 19.6. The highest BCUT2D eigenvalue weighted by molar-refractivity contribution is 5.86. The third-order valence-electron chi connectivity index (χ3n) is 6.48. The zero-order valence-electron chi connectivity index (χ0n) is 16.5. The largest absolute Gasteiger partial charge is 0.483 e. The third kappa shape index (κ3) is 3.43. The van der Waals surface area contributed by atoms with Crippen LogP contribution in [0, 0.1) is 18.8 Å². The molecule has 2 aromatic rings. The van der Waals surface area contributed by atoms with Crippen LogP contribution in [0.1, 0.15) is 31.5 Å². The first-order chi connectivity index (χ1) is 14.1. The first-order valence-electron chi connectivity index (χ1n) is 10.1. The number of piperidine rings is 3. The molecule has 5 heterocycles. The van der Waals surface area contributed by atoms with E-state index in [-0.39, 0.29) is 37.0 Å². The van der Waals surface area contributed by atoms with Crippen molar-refractivity contribution < 1.29 is 19.8 Å². The standard InChI is InChI=1S/C19H25N5O2.CH2O2/c1-11-21-14-5-6-20-18(14)19(22-11)23-8-12-7-13(9-23)16(10-25)24-15(12)3-2-4-17(24)26;2-1-3/h5-6,12-13,15-16,20,25H,2-4,7-10H2,1H3;1H,(H,2,3)/t12-,13+,15+,16+;/m1./s1. The van der Waals surface area contributed by atoms with Crippen LogP contribution in [0.2, 0.25) is 0 Å². The number of carboxylic acid groups (broad SMARTS) is 1. The Morgan fingerprint density at radius 1 is 1.31 bits per heavy atom. The van der Waals surface area contributed by atoms with Crippen LogP contribution in [0.25, 0.3) is 11.0 Å². The number of nitrogens with zero attached hydrogens (tertiary/aromatic N) is 4. The Labute approximate surface area is 168 Å². The van der Waals surface area contributed by atoms with Gasteiger partial charge in [0.05, 0.1) is 18.2 Å². The van der Waals surface area contributed by atoms with Crippen LogP contribution in [-0.2, 0) is 9.59 Å². The van der Waals surface area contributed by atoms with Gasteiger partial charge in [-0.2, -0.15) is 0 Å². The second-order valence-corrected chi connectivity index (χ2v) is 8.11. The lowest BCUT2D eigenvalue weighted by Gasteiger charge is -2.56. The van der Waals surface area contributed by atoms with Gasteiger partial charge >= 0.3 is 0 Å². The van der Waals surface area contributed by atoms with E-state index in [1.165, 1.54) is 0 Å². The van der Waals surface area contributed by atoms with E-state index in [4.69, 9.17) is 14.9 Å². The van der Waals surface area contributed by atoms with Crippen LogP contribution in [-0.4, -0.2) is 74.2 Å². The summed E-state index contributed by atoms with van der Waals surface area (Å²) in [6, 6.07) is 2.18. The molecule has 3 aliphatic heterocycles. The molecule has 156 valence electrons. The Balaban J connectivity index is 0.000000645. The fourth-order valence-corrected chi connectivity index (χ4v) is 5.45. The van der Waals surface area contributed by atoms with E-state index in [1.54, 1.807) is 0 Å². The molecule has 1 amide bonds. The van der Waals surface area contributed by atoms with Crippen molar-refractivity contribution >= 4 is 29.2 Å². The molecule has 0 unspecified atom stereocenters. The van der Waals surface area contributed by atoms with E-state index in [1.807, 2.05) is 24.1 Å². The van der Waals surface area contributed by atoms with Crippen molar-refractivity contribution in [3.05, 3.63) is 18.1 Å². The Kier molecular flexibility index (Phi) is 5.40. The van der Waals surface area contributed by atoms with E-state index in [2.05, 4.69) is 14.9 Å². The summed E-state index contributed by atoms with van der Waals surface area (Å²) in [7, 11) is 0. The van der Waals surface area contributed by atoms with Crippen molar-refractivity contribution in [3.8, 4) is 0 Å². The highest BCUT2D eigenvalue weighted by atomic mass is 16.3. The summed E-state index contributed by atoms with van der Waals surface area (Å²) < 4.78 is 0. The SMILES string of the molecule is Cc1nc(N2C[C@H]3C[C@@H](C2)[C@H](CO)N2C(=O)CCC[C@@H]32)c2[nH]ccc2n1.O=CO. The molecule has 0 radical (unpaired) electrons. The average Bonchev–Trinajstić information content (AvgIpc) is 3.17. The molecular weight excluding hydrogens is 374 g/mol. The van der Waals surface area contributed by atoms with E-state index in [0.717, 1.165) is 55.0 Å². The number of carbonyl (C=O) groups excluding carboxylic acids is 1. The predicted octanol–water partition coefficient (Wildman–Crippen LogP) is 1.17. The normalized spacial score (nSPS) is 28.6. The van der Waals surface area contributed by atoms with Gasteiger partial charge in [-0.15, -0.1) is 0 Å². The van der Waals surface area contributed by atoms with Gasteiger partial charge in [-0.3, -0.25) is 9.59 Å². The molecule has 3 N–H and O–H groups in total. The second kappa shape index (κ2) is 7.98. The van der Waals surface area contributed by atoms with Gasteiger partial charge in [0, 0.05) is 31.7 Å². The van der Waals surface area contributed by atoms with Crippen molar-refractivity contribution in [1.29, 1.82) is 0 Å². The molecule has 9 heteroatoms. The number of fused-ring (bicyclic) bond motifs is 5. The van der Waals surface area contributed by atoms with Crippen molar-refractivity contribution in [1.82, 2.24) is 19.9 Å². The molecule has 3 aliphatic rings. The molecule has 0 aromatic carbocycles. The van der Waals surface area contributed by atoms with Gasteiger partial charge in [0.2, 0.25) is 5.91 Å². The number of nitrogens with one attached hydrogen (secondary N) is 1. The molecule has 0 aliphatic carbocycles. The molecular formula is C20H27N5O4. The van der Waals surface area contributed by atoms with Gasteiger partial charge < -0.3 is 25.0 Å². The van der Waals surface area contributed by atoms with Gasteiger partial charge in [-0.25, -0.2) is 9.97 Å². The number of hydrogen-bond acceptors (Lipinski definition) is 6. The molecule has 4 atom stereocenters. The van der Waals surface area contributed by atoms with Crippen molar-refractivity contribution in [3.63, 3.8) is 0 Å². The number of rotatable bonds is 2. The van der Waals surface area contributed by atoms with Crippen LogP contribution in [0.4, 0.5) is 5.82 Å². The Morgan fingerprint density at radius 2 is 2.07 bits per heavy atom. The number of aliphatic hydroxyl groups excluding tert-OH is 1. The lowest BCUT2D eigenvalue weighted by Crippen LogP contribution is -2.66. The highest BCUT2D eigenvalue weighted by Crippen LogP contribution is 2.42. The van der Waals surface area contributed by atoms with Crippen LogP contribution in [0.3, 0.4) is 0 Å². The van der Waals surface area contributed by atoms with Crippen molar-refractivity contribution in [2.45, 2.75) is 44.7 Å². The minimum atomic E-state index is -0.250. The number of aliphatic hydroxyl groups is 1. The van der Waals surface area contributed by atoms with Gasteiger partial charge in [-0.1, -0.05) is 0 Å². The summed E-state index contributed by atoms with van der Waals surface area (Å²) in [6.07, 6.45) is 5.64. The van der Waals surface area contributed by atoms with Crippen molar-refractivity contribution in [2.75, 3.05) is 24.6 Å². The number of amides is 1. The van der Waals surface area contributed by atoms with Crippen LogP contribution >= 0.6 is 0 Å². The topological polar surface area (TPSA) is 123 Å². The number of anilines is 1. The lowest BCUT2D eigenvalue weighted by molar-refractivity contribution is -0.150. The molecule has 29 heavy (non-hydrogen) atoms. The fraction of sp³-hybridized carbons (Fsp3) is 0.600. The Hall–Kier alpha value is -2.68. The number of H-pyrrole nitrogens is 1. The minimum Gasteiger partial charge on any atom is -0.483 e. The van der Waals surface area contributed by atoms with Crippen LogP contribution in [0.15, 0.2) is 12.3 Å². The Bertz CT molecular complexity index is 886. The van der Waals surface area contributed by atoms with Crippen molar-refractivity contribution in [2.24, 2.45) is 11.8 Å². The molecule has 2 aromatic heterocycles. The smallest absolute Gasteiger partial charge is 0.290 e. The zero-order chi connectivity index (χ0) is 20.5. The van der Waals surface area contributed by atoms with Gasteiger partial charge in [-0.05, 0) is 44.1 Å². The predicted molar refractivity (Wildman–Crippen MR) is 106 cm³/mol. The Morgan fingerprint density at radius 3 is 2.83 bits per heavy atom. The fourth-order valence-electron chi connectivity index (χ4n) is 5.45. The molecule has 2 bridgehead atoms. The van der Waals surface area contributed by atoms with Gasteiger partial charge in [0.25, 0.3) is 6.47 Å². The lowest BCUT2D eigenvalue weighted by atomic mass is 9.72. The second-order valence-electron chi connectivity index (χ2n) is 8.11. The summed E-state index contributed by atoms with van der Waals surface area (Å²) in [4.78, 5) is 37.8. The summed E-state index contributed by atoms with van der Waals surface area (Å²) in [5.41, 5.74) is 1.92. The number of hydrogen-bond donors (Lipinski definition) is 3. The van der Waals surface area contributed by atoms with Crippen LogP contribution in [0.5, 0.6) is 0 Å². The maximum Gasteiger partial charge on any atom is 0.290 e. The molecule has 3 saturated heterocycles. The average molecular weight is 401 g/mol. The summed E-state index contributed by atoms with van der Waals surface area (Å²) in [5, 5.41) is 16.9. The van der Waals surface area contributed by atoms with Gasteiger partial charge in [0.15, 0.2) is 5.82 Å². The third-order valence-corrected chi connectivity index (χ3v) is 6.48. The summed E-state index contributed by atoms with van der Waals surface area (Å²) in [5.74, 6) is 2.70. The zero-order valence-corrected chi connectivity index (χ0v) is 16.5. The van der Waals surface area contributed by atoms with Gasteiger partial charge in [0.1, 0.15) is 11.3 Å². The summed E-state index contributed by atoms with van der Waals surface area (Å²) >= 11 is 0. The maximum atomic E-state index is 12.5. The number of aromatic amines is 1. The van der Waals surface area contributed by atoms with Crippen LogP contribution < -0.4 is 4.90 Å². The van der Waals surface area contributed by atoms with E-state index < -0.39 is 0 Å². The van der Waals surface area contributed by atoms with E-state index >= 15 is 0 Å². The maximum absolute atomic E-state index is 12.5. The number of aryl methyl sites for hydroxylation is 1. The molecule has 9 nitrogen and oxygen atoms in total. The van der Waals surface area contributed by atoms with E-state index in [0.29, 0.717) is 12.3 Å². The summed E-state index contributed by atoms with van der Waals surface area (Å²) in [6.45, 7) is 3.46. The molecule has 3 fully saturated rings. The molecule has 5 rings (SSSR count). The number of aromatic nitrogens is 3. The molecule has 0 saturated carbocycles. The number of carbonyl (C=O) groups is 2. The quantitative estimate of drug-likeness (QED) is 0.646. The first-order valence-corrected chi connectivity index (χ1v) is 10.1.